The Labute approximate surface area is 151 Å². The summed E-state index contributed by atoms with van der Waals surface area (Å²) in [5, 5.41) is 12.1. The van der Waals surface area contributed by atoms with E-state index in [0.29, 0.717) is 11.4 Å². The van der Waals surface area contributed by atoms with Gasteiger partial charge in [0.2, 0.25) is 0 Å². The highest BCUT2D eigenvalue weighted by molar-refractivity contribution is 8.00. The number of halogens is 2. The Hall–Kier alpha value is -2.01. The molecule has 0 atom stereocenters. The Morgan fingerprint density at radius 2 is 2.16 bits per heavy atom. The van der Waals surface area contributed by atoms with Crippen LogP contribution in [0.25, 0.3) is 10.8 Å². The van der Waals surface area contributed by atoms with Gasteiger partial charge in [-0.3, -0.25) is 4.68 Å². The summed E-state index contributed by atoms with van der Waals surface area (Å²) in [5.41, 5.74) is 2.07. The van der Waals surface area contributed by atoms with Gasteiger partial charge in [0, 0.05) is 12.8 Å². The molecule has 0 radical (unpaired) electrons. The van der Waals surface area contributed by atoms with Crippen molar-refractivity contribution >= 4 is 29.0 Å². The normalized spacial score (nSPS) is 11.4. The molecule has 0 aliphatic rings. The molecule has 0 N–H and O–H groups in total. The first-order chi connectivity index (χ1) is 12.0. The first-order valence-corrected chi connectivity index (χ1v) is 9.21. The Balaban J connectivity index is 1.79. The molecule has 0 bridgehead atoms. The van der Waals surface area contributed by atoms with Gasteiger partial charge in [0.15, 0.2) is 0 Å². The van der Waals surface area contributed by atoms with E-state index in [1.165, 1.54) is 11.3 Å². The van der Waals surface area contributed by atoms with Crippen molar-refractivity contribution in [2.24, 2.45) is 7.05 Å². The van der Waals surface area contributed by atoms with Crippen LogP contribution in [0.3, 0.4) is 0 Å². The Bertz CT molecular complexity index is 846. The third-order valence-electron chi connectivity index (χ3n) is 3.43. The number of hydrogen-bond acceptors (Lipinski definition) is 8. The van der Waals surface area contributed by atoms with Crippen molar-refractivity contribution in [3.8, 4) is 10.8 Å². The van der Waals surface area contributed by atoms with Gasteiger partial charge in [-0.25, -0.2) is 4.98 Å². The Kier molecular flexibility index (Phi) is 5.33. The minimum absolute atomic E-state index is 0.0614. The number of hydrogen-bond donors (Lipinski definition) is 0. The molecule has 134 valence electrons. The molecule has 11 heteroatoms. The monoisotopic (exact) mass is 386 g/mol. The summed E-state index contributed by atoms with van der Waals surface area (Å²) in [4.78, 5) is 4.92. The minimum Gasteiger partial charge on any atom is -0.414 e. The quantitative estimate of drug-likeness (QED) is 0.571. The Morgan fingerprint density at radius 1 is 1.36 bits per heavy atom. The zero-order valence-corrected chi connectivity index (χ0v) is 15.4. The van der Waals surface area contributed by atoms with Crippen LogP contribution in [0.4, 0.5) is 14.5 Å². The number of aryl methyl sites for hydroxylation is 1. The van der Waals surface area contributed by atoms with E-state index < -0.39 is 12.3 Å². The number of anilines is 1. The fourth-order valence-corrected chi connectivity index (χ4v) is 3.87. The zero-order chi connectivity index (χ0) is 18.0. The molecular weight excluding hydrogens is 370 g/mol. The summed E-state index contributed by atoms with van der Waals surface area (Å²) in [6.07, 6.45) is 0.603. The lowest BCUT2D eigenvalue weighted by atomic mass is 10.4. The van der Waals surface area contributed by atoms with Gasteiger partial charge in [0.1, 0.15) is 9.88 Å². The standard InChI is InChI=1S/C14H16F2N6OS2/c1-4-24-22(9-5-18-21(3)8(9)2)7-11-17-6-10(25-11)13-19-20-14(23-13)12(15)16/h5-6,12H,4,7H2,1-3H3. The smallest absolute Gasteiger partial charge is 0.314 e. The van der Waals surface area contributed by atoms with E-state index in [-0.39, 0.29) is 5.89 Å². The van der Waals surface area contributed by atoms with Crippen LogP contribution in [0.15, 0.2) is 16.8 Å². The maximum absolute atomic E-state index is 12.6. The summed E-state index contributed by atoms with van der Waals surface area (Å²) in [6, 6.07) is 0. The molecule has 3 aromatic heterocycles. The average Bonchev–Trinajstić information content (AvgIpc) is 3.28. The van der Waals surface area contributed by atoms with Crippen molar-refractivity contribution < 1.29 is 13.2 Å². The van der Waals surface area contributed by atoms with Crippen LogP contribution in [-0.4, -0.2) is 30.7 Å². The first-order valence-electron chi connectivity index (χ1n) is 7.45. The van der Waals surface area contributed by atoms with Gasteiger partial charge in [-0.15, -0.1) is 21.5 Å². The van der Waals surface area contributed by atoms with E-state index in [2.05, 4.69) is 31.5 Å². The topological polar surface area (TPSA) is 72.9 Å². The number of alkyl halides is 2. The first kappa shape index (κ1) is 17.8. The van der Waals surface area contributed by atoms with Crippen LogP contribution in [0.2, 0.25) is 0 Å². The maximum atomic E-state index is 12.6. The highest BCUT2D eigenvalue weighted by atomic mass is 32.2. The minimum atomic E-state index is -2.78. The molecule has 0 aliphatic heterocycles. The molecule has 7 nitrogen and oxygen atoms in total. The second-order valence-electron chi connectivity index (χ2n) is 5.06. The van der Waals surface area contributed by atoms with Gasteiger partial charge in [-0.1, -0.05) is 6.92 Å². The third-order valence-corrected chi connectivity index (χ3v) is 5.30. The molecule has 0 aromatic carbocycles. The average molecular weight is 386 g/mol. The van der Waals surface area contributed by atoms with Crippen LogP contribution in [0.5, 0.6) is 0 Å². The van der Waals surface area contributed by atoms with Gasteiger partial charge >= 0.3 is 6.43 Å². The fourth-order valence-electron chi connectivity index (χ4n) is 2.12. The lowest BCUT2D eigenvalue weighted by Gasteiger charge is -2.20. The van der Waals surface area contributed by atoms with Crippen molar-refractivity contribution in [3.05, 3.63) is 29.0 Å². The van der Waals surface area contributed by atoms with E-state index in [9.17, 15) is 8.78 Å². The van der Waals surface area contributed by atoms with E-state index in [1.54, 1.807) is 18.1 Å². The molecule has 3 aromatic rings. The van der Waals surface area contributed by atoms with E-state index in [0.717, 1.165) is 22.1 Å². The molecule has 3 heterocycles. The van der Waals surface area contributed by atoms with Gasteiger partial charge in [0.05, 0.1) is 30.3 Å². The van der Waals surface area contributed by atoms with E-state index >= 15 is 0 Å². The van der Waals surface area contributed by atoms with Crippen LogP contribution < -0.4 is 4.31 Å². The highest BCUT2D eigenvalue weighted by Crippen LogP contribution is 2.32. The van der Waals surface area contributed by atoms with Crippen LogP contribution in [0.1, 0.15) is 29.9 Å². The highest BCUT2D eigenvalue weighted by Gasteiger charge is 2.20. The van der Waals surface area contributed by atoms with Gasteiger partial charge in [-0.05, 0) is 18.9 Å². The summed E-state index contributed by atoms with van der Waals surface area (Å²) >= 11 is 3.00. The molecule has 3 rings (SSSR count). The predicted molar refractivity (Wildman–Crippen MR) is 92.6 cm³/mol. The SMILES string of the molecule is CCSN(Cc1ncc(-c2nnc(C(F)F)o2)s1)c1cnn(C)c1C. The molecular formula is C14H16F2N6OS2. The molecule has 0 spiro atoms. The van der Waals surface area contributed by atoms with Crippen molar-refractivity contribution in [2.75, 3.05) is 10.1 Å². The van der Waals surface area contributed by atoms with Crippen molar-refractivity contribution in [1.29, 1.82) is 0 Å². The van der Waals surface area contributed by atoms with Crippen molar-refractivity contribution in [2.45, 2.75) is 26.8 Å². The van der Waals surface area contributed by atoms with Gasteiger partial charge in [0.25, 0.3) is 11.8 Å². The molecule has 0 fully saturated rings. The molecule has 0 aliphatic carbocycles. The van der Waals surface area contributed by atoms with Crippen molar-refractivity contribution in [3.63, 3.8) is 0 Å². The number of nitrogens with zero attached hydrogens (tertiary/aromatic N) is 6. The van der Waals surface area contributed by atoms with Crippen LogP contribution >= 0.6 is 23.3 Å². The largest absolute Gasteiger partial charge is 0.414 e. The van der Waals surface area contributed by atoms with E-state index in [4.69, 9.17) is 4.42 Å². The predicted octanol–water partition coefficient (Wildman–Crippen LogP) is 3.85. The molecule has 0 unspecified atom stereocenters. The second kappa shape index (κ2) is 7.48. The van der Waals surface area contributed by atoms with Crippen molar-refractivity contribution in [1.82, 2.24) is 25.0 Å². The summed E-state index contributed by atoms with van der Waals surface area (Å²) in [7, 11) is 1.89. The van der Waals surface area contributed by atoms with E-state index in [1.807, 2.05) is 24.9 Å². The number of rotatable bonds is 7. The zero-order valence-electron chi connectivity index (χ0n) is 13.8. The number of thiazole rings is 1. The lowest BCUT2D eigenvalue weighted by molar-refractivity contribution is 0.116. The molecule has 0 amide bonds. The fraction of sp³-hybridized carbons (Fsp3) is 0.429. The Morgan fingerprint density at radius 3 is 2.76 bits per heavy atom. The second-order valence-corrected chi connectivity index (χ2v) is 7.45. The molecule has 0 saturated carbocycles. The van der Waals surface area contributed by atoms with Gasteiger partial charge < -0.3 is 8.72 Å². The number of aromatic nitrogens is 5. The summed E-state index contributed by atoms with van der Waals surface area (Å²) in [5.74, 6) is 0.277. The van der Waals surface area contributed by atoms with Crippen LogP contribution in [0, 0.1) is 6.92 Å². The molecule has 25 heavy (non-hydrogen) atoms. The lowest BCUT2D eigenvalue weighted by Crippen LogP contribution is -2.14. The maximum Gasteiger partial charge on any atom is 0.314 e. The third kappa shape index (κ3) is 3.82. The molecule has 0 saturated heterocycles. The summed E-state index contributed by atoms with van der Waals surface area (Å²) < 4.78 is 34.0. The van der Waals surface area contributed by atoms with Gasteiger partial charge in [-0.2, -0.15) is 13.9 Å². The van der Waals surface area contributed by atoms with Crippen LogP contribution in [-0.2, 0) is 13.6 Å². The summed E-state index contributed by atoms with van der Waals surface area (Å²) in [6.45, 7) is 4.63.